The third kappa shape index (κ3) is 4.74. The van der Waals surface area contributed by atoms with Gasteiger partial charge in [0.2, 0.25) is 5.91 Å². The number of carbonyl (C=O) groups is 2. The van der Waals surface area contributed by atoms with Gasteiger partial charge in [0, 0.05) is 28.9 Å². The van der Waals surface area contributed by atoms with E-state index in [2.05, 4.69) is 6.07 Å². The summed E-state index contributed by atoms with van der Waals surface area (Å²) in [5, 5.41) is 0. The normalized spacial score (nSPS) is 15.7. The number of fused-ring (bicyclic) bond motifs is 2. The molecule has 6 heteroatoms. The molecular formula is C25H30N2O3S. The number of rotatable bonds is 5. The summed E-state index contributed by atoms with van der Waals surface area (Å²) in [5.74, 6) is 0.781. The van der Waals surface area contributed by atoms with Crippen molar-refractivity contribution in [3.63, 3.8) is 0 Å². The minimum Gasteiger partial charge on any atom is -0.449 e. The zero-order chi connectivity index (χ0) is 21.8. The molecule has 2 amide bonds. The van der Waals surface area contributed by atoms with Gasteiger partial charge >= 0.3 is 6.09 Å². The summed E-state index contributed by atoms with van der Waals surface area (Å²) in [5.41, 5.74) is 2.47. The lowest BCUT2D eigenvalue weighted by molar-refractivity contribution is -0.118. The number of para-hydroxylation sites is 1. The third-order valence-electron chi connectivity index (χ3n) is 6.18. The highest BCUT2D eigenvalue weighted by Crippen LogP contribution is 2.49. The highest BCUT2D eigenvalue weighted by Gasteiger charge is 2.29. The number of amides is 2. The number of carbonyl (C=O) groups excluding carboxylic acids is 2. The van der Waals surface area contributed by atoms with Gasteiger partial charge in [0.25, 0.3) is 0 Å². The van der Waals surface area contributed by atoms with E-state index < -0.39 is 6.09 Å². The van der Waals surface area contributed by atoms with E-state index in [1.165, 1.54) is 37.0 Å². The average Bonchev–Trinajstić information content (AvgIpc) is 2.81. The smallest absolute Gasteiger partial charge is 0.413 e. The molecule has 0 saturated heterocycles. The fraction of sp³-hybridized carbons (Fsp3) is 0.440. The molecule has 0 atom stereocenters. The predicted octanol–water partition coefficient (Wildman–Crippen LogP) is 6.77. The molecule has 0 unspecified atom stereocenters. The van der Waals surface area contributed by atoms with Crippen LogP contribution in [-0.2, 0) is 9.53 Å². The van der Waals surface area contributed by atoms with Crippen molar-refractivity contribution in [1.29, 1.82) is 0 Å². The minimum atomic E-state index is -0.401. The summed E-state index contributed by atoms with van der Waals surface area (Å²) < 4.78 is 5.14. The monoisotopic (exact) mass is 438 g/mol. The van der Waals surface area contributed by atoms with E-state index in [4.69, 9.17) is 4.74 Å². The Hall–Kier alpha value is -2.47. The molecule has 0 bridgehead atoms. The first-order valence-corrected chi connectivity index (χ1v) is 12.0. The van der Waals surface area contributed by atoms with Gasteiger partial charge in [-0.15, -0.1) is 0 Å². The Kier molecular flexibility index (Phi) is 6.86. The van der Waals surface area contributed by atoms with E-state index in [9.17, 15) is 9.59 Å². The SMILES string of the molecule is CCOC(=O)N(C)c1ccc2c(c1)N(C(=O)CCC1CCCCC1)c1ccccc1S2. The zero-order valence-electron chi connectivity index (χ0n) is 18.3. The minimum absolute atomic E-state index is 0.121. The van der Waals surface area contributed by atoms with Crippen LogP contribution in [0.15, 0.2) is 52.3 Å². The molecule has 31 heavy (non-hydrogen) atoms. The highest BCUT2D eigenvalue weighted by atomic mass is 32.2. The zero-order valence-corrected chi connectivity index (χ0v) is 19.1. The fourth-order valence-electron chi connectivity index (χ4n) is 4.46. The first kappa shape index (κ1) is 21.8. The van der Waals surface area contributed by atoms with Crippen LogP contribution in [0.4, 0.5) is 21.9 Å². The van der Waals surface area contributed by atoms with Crippen molar-refractivity contribution in [2.45, 2.75) is 61.7 Å². The topological polar surface area (TPSA) is 49.9 Å². The third-order valence-corrected chi connectivity index (χ3v) is 7.31. The summed E-state index contributed by atoms with van der Waals surface area (Å²) in [6.45, 7) is 2.11. The molecular weight excluding hydrogens is 408 g/mol. The van der Waals surface area contributed by atoms with Gasteiger partial charge in [-0.2, -0.15) is 0 Å². The summed E-state index contributed by atoms with van der Waals surface area (Å²) in [6, 6.07) is 13.9. The van der Waals surface area contributed by atoms with Crippen molar-refractivity contribution in [3.05, 3.63) is 42.5 Å². The Morgan fingerprint density at radius 2 is 1.81 bits per heavy atom. The van der Waals surface area contributed by atoms with Crippen LogP contribution in [-0.4, -0.2) is 25.7 Å². The van der Waals surface area contributed by atoms with E-state index in [-0.39, 0.29) is 5.91 Å². The van der Waals surface area contributed by atoms with E-state index in [1.54, 1.807) is 25.7 Å². The molecule has 1 fully saturated rings. The molecule has 0 radical (unpaired) electrons. The molecule has 1 aliphatic carbocycles. The summed E-state index contributed by atoms with van der Waals surface area (Å²) in [7, 11) is 1.69. The predicted molar refractivity (Wildman–Crippen MR) is 125 cm³/mol. The van der Waals surface area contributed by atoms with Gasteiger partial charge in [0.05, 0.1) is 18.0 Å². The van der Waals surface area contributed by atoms with Crippen LogP contribution < -0.4 is 9.80 Å². The lowest BCUT2D eigenvalue weighted by atomic mass is 9.86. The van der Waals surface area contributed by atoms with Gasteiger partial charge in [-0.25, -0.2) is 4.79 Å². The van der Waals surface area contributed by atoms with Crippen LogP contribution in [0.1, 0.15) is 51.9 Å². The molecule has 4 rings (SSSR count). The van der Waals surface area contributed by atoms with Gasteiger partial charge < -0.3 is 4.74 Å². The number of ether oxygens (including phenoxy) is 1. The van der Waals surface area contributed by atoms with Gasteiger partial charge in [0.1, 0.15) is 0 Å². The molecule has 2 aliphatic rings. The average molecular weight is 439 g/mol. The van der Waals surface area contributed by atoms with Crippen molar-refractivity contribution in [3.8, 4) is 0 Å². The Balaban J connectivity index is 1.63. The first-order chi connectivity index (χ1) is 15.1. The second-order valence-corrected chi connectivity index (χ2v) is 9.34. The maximum absolute atomic E-state index is 13.5. The molecule has 1 saturated carbocycles. The quantitative estimate of drug-likeness (QED) is 0.517. The largest absolute Gasteiger partial charge is 0.449 e. The molecule has 164 valence electrons. The van der Waals surface area contributed by atoms with Gasteiger partial charge in [-0.3, -0.25) is 14.6 Å². The molecule has 2 aromatic carbocycles. The van der Waals surface area contributed by atoms with Crippen molar-refractivity contribution < 1.29 is 14.3 Å². The van der Waals surface area contributed by atoms with Gasteiger partial charge in [0.15, 0.2) is 0 Å². The van der Waals surface area contributed by atoms with Crippen LogP contribution >= 0.6 is 11.8 Å². The number of anilines is 3. The molecule has 0 spiro atoms. The van der Waals surface area contributed by atoms with Gasteiger partial charge in [-0.1, -0.05) is 56.0 Å². The van der Waals surface area contributed by atoms with Crippen molar-refractivity contribution in [1.82, 2.24) is 0 Å². The fourth-order valence-corrected chi connectivity index (χ4v) is 5.50. The standard InChI is InChI=1S/C25H30N2O3S/c1-3-30-25(29)26(2)19-14-15-23-21(17-19)27(20-11-7-8-12-22(20)31-23)24(28)16-13-18-9-5-4-6-10-18/h7-8,11-12,14-15,17-18H,3-6,9-10,13,16H2,1-2H3. The van der Waals surface area contributed by atoms with E-state index >= 15 is 0 Å². The number of hydrogen-bond acceptors (Lipinski definition) is 4. The highest BCUT2D eigenvalue weighted by molar-refractivity contribution is 7.99. The molecule has 5 nitrogen and oxygen atoms in total. The van der Waals surface area contributed by atoms with Crippen LogP contribution in [0.3, 0.4) is 0 Å². The Morgan fingerprint density at radius 1 is 1.06 bits per heavy atom. The van der Waals surface area contributed by atoms with E-state index in [0.29, 0.717) is 24.6 Å². The summed E-state index contributed by atoms with van der Waals surface area (Å²) in [4.78, 5) is 31.2. The second kappa shape index (κ2) is 9.77. The number of benzene rings is 2. The molecule has 0 aromatic heterocycles. The molecule has 0 N–H and O–H groups in total. The van der Waals surface area contributed by atoms with Crippen LogP contribution in [0.5, 0.6) is 0 Å². The first-order valence-electron chi connectivity index (χ1n) is 11.2. The van der Waals surface area contributed by atoms with Crippen molar-refractivity contribution >= 4 is 40.8 Å². The Morgan fingerprint density at radius 3 is 2.58 bits per heavy atom. The second-order valence-electron chi connectivity index (χ2n) is 8.25. The van der Waals surface area contributed by atoms with Crippen LogP contribution in [0.25, 0.3) is 0 Å². The Bertz CT molecular complexity index is 956. The molecule has 1 aliphatic heterocycles. The van der Waals surface area contributed by atoms with Crippen molar-refractivity contribution in [2.24, 2.45) is 5.92 Å². The summed E-state index contributed by atoms with van der Waals surface area (Å²) >= 11 is 1.66. The molecule has 2 aromatic rings. The van der Waals surface area contributed by atoms with E-state index in [0.717, 1.165) is 27.6 Å². The Labute approximate surface area is 188 Å². The van der Waals surface area contributed by atoms with Crippen LogP contribution in [0, 0.1) is 5.92 Å². The lowest BCUT2D eigenvalue weighted by Gasteiger charge is -2.32. The van der Waals surface area contributed by atoms with Gasteiger partial charge in [-0.05, 0) is 49.6 Å². The van der Waals surface area contributed by atoms with Crippen LogP contribution in [0.2, 0.25) is 0 Å². The van der Waals surface area contributed by atoms with Crippen molar-refractivity contribution in [2.75, 3.05) is 23.5 Å². The number of hydrogen-bond donors (Lipinski definition) is 0. The lowest BCUT2D eigenvalue weighted by Crippen LogP contribution is -2.30. The number of nitrogens with zero attached hydrogens (tertiary/aromatic N) is 2. The maximum Gasteiger partial charge on any atom is 0.413 e. The summed E-state index contributed by atoms with van der Waals surface area (Å²) in [6.07, 6.45) is 7.47. The maximum atomic E-state index is 13.5. The van der Waals surface area contributed by atoms with E-state index in [1.807, 2.05) is 41.3 Å². The molecule has 1 heterocycles.